The average Bonchev–Trinajstić information content (AvgIpc) is 3.49. The number of hydrogen-bond donors (Lipinski definition) is 1. The molecule has 2 aromatic heterocycles. The van der Waals surface area contributed by atoms with Crippen LogP contribution in [0.1, 0.15) is 36.5 Å². The zero-order valence-electron chi connectivity index (χ0n) is 19.6. The van der Waals surface area contributed by atoms with E-state index >= 15 is 0 Å². The fourth-order valence-electron chi connectivity index (χ4n) is 3.50. The number of amides is 1. The van der Waals surface area contributed by atoms with Gasteiger partial charge in [0.1, 0.15) is 16.7 Å². The van der Waals surface area contributed by atoms with Crippen molar-refractivity contribution in [2.75, 3.05) is 7.11 Å². The molecule has 0 saturated heterocycles. The van der Waals surface area contributed by atoms with Crippen LogP contribution < -0.4 is 15.0 Å². The lowest BCUT2D eigenvalue weighted by Gasteiger charge is -2.20. The maximum Gasteiger partial charge on any atom is 0.283 e. The number of aryl methyl sites for hydroxylation is 1. The Hall–Kier alpha value is -3.84. The normalized spacial score (nSPS) is 16.4. The Labute approximate surface area is 213 Å². The zero-order valence-corrected chi connectivity index (χ0v) is 21.3. The maximum absolute atomic E-state index is 12.6. The molecule has 0 spiro atoms. The Morgan fingerprint density at radius 3 is 2.72 bits per heavy atom. The summed E-state index contributed by atoms with van der Waals surface area (Å²) in [6.07, 6.45) is 3.00. The van der Waals surface area contributed by atoms with Gasteiger partial charge in [-0.2, -0.15) is 24.7 Å². The van der Waals surface area contributed by atoms with Crippen LogP contribution >= 0.6 is 23.1 Å². The molecule has 1 amide bonds. The summed E-state index contributed by atoms with van der Waals surface area (Å²) in [5.74, 6) is 0.351. The van der Waals surface area contributed by atoms with Gasteiger partial charge >= 0.3 is 0 Å². The number of nitrogens with zero attached hydrogens (tertiary/aromatic N) is 6. The van der Waals surface area contributed by atoms with Crippen LogP contribution in [-0.2, 0) is 17.8 Å². The molecule has 184 valence electrons. The third-order valence-electron chi connectivity index (χ3n) is 5.32. The molecule has 13 heteroatoms. The van der Waals surface area contributed by atoms with E-state index in [-0.39, 0.29) is 23.6 Å². The van der Waals surface area contributed by atoms with Gasteiger partial charge in [0, 0.05) is 6.07 Å². The minimum atomic E-state index is -0.493. The van der Waals surface area contributed by atoms with E-state index in [1.54, 1.807) is 24.3 Å². The molecule has 0 aliphatic carbocycles. The quantitative estimate of drug-likeness (QED) is 0.466. The highest BCUT2D eigenvalue weighted by Gasteiger charge is 2.35. The van der Waals surface area contributed by atoms with Gasteiger partial charge in [0.25, 0.3) is 11.5 Å². The van der Waals surface area contributed by atoms with E-state index in [0.717, 1.165) is 16.5 Å². The van der Waals surface area contributed by atoms with Crippen molar-refractivity contribution in [3.63, 3.8) is 0 Å². The molecule has 11 nitrogen and oxygen atoms in total. The van der Waals surface area contributed by atoms with Crippen LogP contribution in [0.25, 0.3) is 11.0 Å². The Morgan fingerprint density at radius 1 is 1.14 bits per heavy atom. The number of rotatable bonds is 7. The van der Waals surface area contributed by atoms with Crippen molar-refractivity contribution in [2.24, 2.45) is 10.1 Å². The van der Waals surface area contributed by atoms with E-state index < -0.39 is 5.91 Å². The molecule has 1 N–H and O–H groups in total. The SMILES string of the molecule is CCC1=NN2C(=N)/C(=C\c3ccc(OCc4cc(=O)n5nc(CC)sc5n4)c(OC)c3)C(=O)N=C2S1. The smallest absolute Gasteiger partial charge is 0.283 e. The molecular weight excluding hydrogens is 502 g/mol. The molecule has 0 saturated carbocycles. The third kappa shape index (κ3) is 4.42. The number of hydrazone groups is 1. The predicted octanol–water partition coefficient (Wildman–Crippen LogP) is 3.33. The predicted molar refractivity (Wildman–Crippen MR) is 139 cm³/mol. The number of aliphatic imine (C=N–C) groups is 1. The van der Waals surface area contributed by atoms with Gasteiger partial charge in [0.05, 0.1) is 18.4 Å². The summed E-state index contributed by atoms with van der Waals surface area (Å²) in [7, 11) is 1.51. The van der Waals surface area contributed by atoms with Gasteiger partial charge in [-0.05, 0) is 48.4 Å². The fraction of sp³-hybridized carbons (Fsp3) is 0.261. The third-order valence-corrected chi connectivity index (χ3v) is 7.42. The van der Waals surface area contributed by atoms with Crippen molar-refractivity contribution < 1.29 is 14.3 Å². The van der Waals surface area contributed by atoms with Crippen LogP contribution in [0, 0.1) is 5.41 Å². The highest BCUT2D eigenvalue weighted by atomic mass is 32.2. The average molecular weight is 524 g/mol. The van der Waals surface area contributed by atoms with Crippen LogP contribution in [0.4, 0.5) is 0 Å². The van der Waals surface area contributed by atoms with Gasteiger partial charge in [-0.3, -0.25) is 15.0 Å². The molecule has 0 atom stereocenters. The molecule has 0 unspecified atom stereocenters. The standard InChI is InChI=1S/C23H21N7O4S2/c1-4-17-27-29-19(31)10-13(25-22(29)35-17)11-34-15-7-6-12(9-16(15)33-3)8-14-20(24)30-23(26-21(14)32)36-18(5-2)28-30/h6-10,24H,4-5,11H2,1-3H3/b14-8+,24-20?. The van der Waals surface area contributed by atoms with Gasteiger partial charge < -0.3 is 9.47 Å². The number of methoxy groups -OCH3 is 1. The first-order valence-corrected chi connectivity index (χ1v) is 12.7. The molecule has 2 aliphatic rings. The minimum absolute atomic E-state index is 0.0257. The lowest BCUT2D eigenvalue weighted by Crippen LogP contribution is -2.35. The van der Waals surface area contributed by atoms with E-state index in [1.165, 1.54) is 45.8 Å². The number of benzene rings is 1. The Kier molecular flexibility index (Phi) is 6.41. The number of fused-ring (bicyclic) bond motifs is 2. The Morgan fingerprint density at radius 2 is 1.97 bits per heavy atom. The van der Waals surface area contributed by atoms with E-state index in [0.29, 0.717) is 39.3 Å². The minimum Gasteiger partial charge on any atom is -0.493 e. The molecule has 4 heterocycles. The number of carbonyl (C=O) groups is 1. The second-order valence-corrected chi connectivity index (χ2v) is 9.78. The molecule has 1 aromatic carbocycles. The number of amidine groups is 2. The van der Waals surface area contributed by atoms with E-state index in [2.05, 4.69) is 20.2 Å². The first-order valence-electron chi connectivity index (χ1n) is 11.1. The first-order chi connectivity index (χ1) is 17.4. The van der Waals surface area contributed by atoms with E-state index in [9.17, 15) is 9.59 Å². The van der Waals surface area contributed by atoms with Crippen molar-refractivity contribution in [3.8, 4) is 11.5 Å². The van der Waals surface area contributed by atoms with Crippen molar-refractivity contribution in [2.45, 2.75) is 33.3 Å². The topological polar surface area (TPSA) is 135 Å². The number of ether oxygens (including phenoxy) is 2. The van der Waals surface area contributed by atoms with Crippen LogP contribution in [0.5, 0.6) is 11.5 Å². The lowest BCUT2D eigenvalue weighted by atomic mass is 10.1. The summed E-state index contributed by atoms with van der Waals surface area (Å²) in [4.78, 5) is 34.0. The second-order valence-electron chi connectivity index (χ2n) is 7.70. The van der Waals surface area contributed by atoms with Gasteiger partial charge in [0.2, 0.25) is 10.1 Å². The van der Waals surface area contributed by atoms with Gasteiger partial charge in [-0.15, -0.1) is 0 Å². The summed E-state index contributed by atoms with van der Waals surface area (Å²) in [6.45, 7) is 3.99. The summed E-state index contributed by atoms with van der Waals surface area (Å²) >= 11 is 2.67. The van der Waals surface area contributed by atoms with Crippen molar-refractivity contribution in [1.29, 1.82) is 5.41 Å². The van der Waals surface area contributed by atoms with E-state index in [1.807, 2.05) is 13.8 Å². The molecule has 0 bridgehead atoms. The van der Waals surface area contributed by atoms with Gasteiger partial charge in [0.15, 0.2) is 17.3 Å². The fourth-order valence-corrected chi connectivity index (χ4v) is 5.18. The molecule has 0 fully saturated rings. The number of aromatic nitrogens is 3. The van der Waals surface area contributed by atoms with Crippen LogP contribution in [0.15, 0.2) is 44.7 Å². The first kappa shape index (κ1) is 23.9. The summed E-state index contributed by atoms with van der Waals surface area (Å²) < 4.78 is 12.7. The van der Waals surface area contributed by atoms with Crippen molar-refractivity contribution in [3.05, 3.63) is 56.5 Å². The van der Waals surface area contributed by atoms with Crippen LogP contribution in [-0.4, -0.2) is 48.7 Å². The number of carbonyl (C=O) groups excluding carboxylic acids is 1. The zero-order chi connectivity index (χ0) is 25.4. The lowest BCUT2D eigenvalue weighted by molar-refractivity contribution is -0.114. The largest absolute Gasteiger partial charge is 0.493 e. The van der Waals surface area contributed by atoms with E-state index in [4.69, 9.17) is 14.9 Å². The van der Waals surface area contributed by atoms with Gasteiger partial charge in [-0.1, -0.05) is 31.3 Å². The highest BCUT2D eigenvalue weighted by Crippen LogP contribution is 2.32. The Balaban J connectivity index is 1.37. The molecule has 2 aliphatic heterocycles. The Bertz CT molecular complexity index is 1550. The van der Waals surface area contributed by atoms with Crippen molar-refractivity contribution >= 4 is 56.1 Å². The summed E-state index contributed by atoms with van der Waals surface area (Å²) in [6, 6.07) is 6.54. The monoisotopic (exact) mass is 523 g/mol. The molecule has 36 heavy (non-hydrogen) atoms. The van der Waals surface area contributed by atoms with Crippen LogP contribution in [0.2, 0.25) is 0 Å². The van der Waals surface area contributed by atoms with Gasteiger partial charge in [-0.25, -0.2) is 4.98 Å². The summed E-state index contributed by atoms with van der Waals surface area (Å²) in [5, 5.41) is 20.5. The van der Waals surface area contributed by atoms with Crippen LogP contribution in [0.3, 0.4) is 0 Å². The maximum atomic E-state index is 12.6. The number of thioether (sulfide) groups is 1. The molecule has 3 aromatic rings. The molecule has 0 radical (unpaired) electrons. The number of hydrogen-bond acceptors (Lipinski definition) is 10. The number of nitrogens with one attached hydrogen (secondary N) is 1. The molecule has 5 rings (SSSR count). The molecular formula is C23H21N7O4S2. The van der Waals surface area contributed by atoms with Crippen molar-refractivity contribution in [1.82, 2.24) is 19.6 Å². The summed E-state index contributed by atoms with van der Waals surface area (Å²) in [5.41, 5.74) is 0.975. The highest BCUT2D eigenvalue weighted by molar-refractivity contribution is 8.26. The second kappa shape index (κ2) is 9.66.